The quantitative estimate of drug-likeness (QED) is 0.233. The molecule has 1 aliphatic heterocycles. The molecule has 5 N–H and O–H groups in total. The molecule has 1 unspecified atom stereocenters. The number of fused-ring (bicyclic) bond motifs is 1. The molecule has 36 heavy (non-hydrogen) atoms. The van der Waals surface area contributed by atoms with Crippen LogP contribution in [0.1, 0.15) is 37.7 Å². The number of hydrogen-bond acceptors (Lipinski definition) is 9. The highest BCUT2D eigenvalue weighted by atomic mass is 31.2. The second-order valence-corrected chi connectivity index (χ2v) is 12.6. The number of aliphatic hydroxyl groups excluding tert-OH is 1. The molecule has 0 spiro atoms. The van der Waals surface area contributed by atoms with Gasteiger partial charge in [-0.3, -0.25) is 13.7 Å². The molecule has 1 saturated heterocycles. The zero-order chi connectivity index (χ0) is 26.5. The first-order valence-electron chi connectivity index (χ1n) is 10.7. The molecule has 0 bridgehead atoms. The lowest BCUT2D eigenvalue weighted by Crippen LogP contribution is -2.31. The highest BCUT2D eigenvalue weighted by Crippen LogP contribution is 2.55. The molecule has 1 saturated carbocycles. The SMILES string of the molecule is O=P(O)(O)CP(=O)(O)OC[C@H]1O[C@@H](n2cnc3c(NC4CCCC4)nc(C(F)(F)F)nc32)[C@@H](F)[C@@H]1O. The summed E-state index contributed by atoms with van der Waals surface area (Å²) in [6.45, 7) is -0.935. The van der Waals surface area contributed by atoms with Gasteiger partial charge in [0.15, 0.2) is 35.3 Å². The number of aromatic nitrogens is 4. The van der Waals surface area contributed by atoms with E-state index in [0.29, 0.717) is 0 Å². The number of hydrogen-bond donors (Lipinski definition) is 5. The first kappa shape index (κ1) is 27.3. The van der Waals surface area contributed by atoms with E-state index in [1.807, 2.05) is 0 Å². The molecule has 1 aliphatic carbocycles. The Balaban J connectivity index is 1.61. The second-order valence-electron chi connectivity index (χ2n) is 8.58. The maximum Gasteiger partial charge on any atom is 0.451 e. The van der Waals surface area contributed by atoms with Crippen LogP contribution in [0.2, 0.25) is 0 Å². The minimum absolute atomic E-state index is 0.0820. The minimum atomic E-state index is -4.93. The van der Waals surface area contributed by atoms with Crippen molar-refractivity contribution in [3.8, 4) is 0 Å². The maximum atomic E-state index is 15.0. The fourth-order valence-corrected chi connectivity index (χ4v) is 6.69. The van der Waals surface area contributed by atoms with Crippen molar-refractivity contribution in [2.45, 2.75) is 62.5 Å². The Kier molecular flexibility index (Phi) is 7.50. The molecule has 3 heterocycles. The van der Waals surface area contributed by atoms with E-state index in [1.165, 1.54) is 0 Å². The normalized spacial score (nSPS) is 27.6. The smallest absolute Gasteiger partial charge is 0.387 e. The van der Waals surface area contributed by atoms with Crippen molar-refractivity contribution in [3.63, 3.8) is 0 Å². The Hall–Kier alpha value is -1.71. The number of aliphatic hydroxyl groups is 1. The van der Waals surface area contributed by atoms with Crippen molar-refractivity contribution in [2.75, 3.05) is 17.8 Å². The molecule has 4 rings (SSSR count). The van der Waals surface area contributed by atoms with Crippen LogP contribution in [0.25, 0.3) is 11.2 Å². The van der Waals surface area contributed by atoms with Crippen LogP contribution in [0.5, 0.6) is 0 Å². The van der Waals surface area contributed by atoms with Crippen molar-refractivity contribution in [1.82, 2.24) is 19.5 Å². The van der Waals surface area contributed by atoms with Crippen molar-refractivity contribution in [1.29, 1.82) is 0 Å². The van der Waals surface area contributed by atoms with Gasteiger partial charge in [0.1, 0.15) is 12.2 Å². The van der Waals surface area contributed by atoms with Gasteiger partial charge in [-0.05, 0) is 12.8 Å². The Morgan fingerprint density at radius 2 is 1.86 bits per heavy atom. The van der Waals surface area contributed by atoms with Gasteiger partial charge in [0.05, 0.1) is 12.9 Å². The van der Waals surface area contributed by atoms with Crippen LogP contribution in [-0.4, -0.2) is 76.2 Å². The zero-order valence-electron chi connectivity index (χ0n) is 18.3. The number of alkyl halides is 4. The number of halogens is 4. The Bertz CT molecular complexity index is 1200. The number of ether oxygens (including phenoxy) is 1. The van der Waals surface area contributed by atoms with E-state index in [2.05, 4.69) is 24.8 Å². The van der Waals surface area contributed by atoms with Crippen molar-refractivity contribution in [2.24, 2.45) is 0 Å². The lowest BCUT2D eigenvalue weighted by molar-refractivity contribution is -0.144. The molecule has 2 fully saturated rings. The van der Waals surface area contributed by atoms with Crippen molar-refractivity contribution < 1.29 is 55.7 Å². The largest absolute Gasteiger partial charge is 0.451 e. The molecule has 13 nitrogen and oxygen atoms in total. The van der Waals surface area contributed by atoms with Gasteiger partial charge in [0.2, 0.25) is 5.82 Å². The van der Waals surface area contributed by atoms with Crippen LogP contribution in [0, 0.1) is 0 Å². The summed E-state index contributed by atoms with van der Waals surface area (Å²) >= 11 is 0. The summed E-state index contributed by atoms with van der Waals surface area (Å²) in [6.07, 6.45) is -8.28. The number of imidazole rings is 1. The summed E-state index contributed by atoms with van der Waals surface area (Å²) in [6, 6.07) is -0.128. The lowest BCUT2D eigenvalue weighted by Gasteiger charge is -2.18. The standard InChI is InChI=1S/C17H23F4N5O8P2/c18-10-12(27)9(5-33-36(31,32)7-35(28,29)30)34-15(10)26-6-22-11-13(23-8-3-1-2-4-8)24-16(17(19,20)21)25-14(11)26/h6,8-10,12,15,27H,1-5,7H2,(H,31,32)(H,23,24,25)(H2,28,29,30)/t9-,10+,12-,15-/m1/s1. The van der Waals surface area contributed by atoms with Gasteiger partial charge in [-0.2, -0.15) is 13.2 Å². The first-order valence-corrected chi connectivity index (χ1v) is 14.3. The van der Waals surface area contributed by atoms with Gasteiger partial charge in [-0.1, -0.05) is 12.8 Å². The summed E-state index contributed by atoms with van der Waals surface area (Å²) in [5.41, 5.74) is -0.505. The van der Waals surface area contributed by atoms with E-state index in [0.717, 1.165) is 36.6 Å². The third kappa shape index (κ3) is 6.05. The van der Waals surface area contributed by atoms with Gasteiger partial charge < -0.3 is 34.4 Å². The molecular weight excluding hydrogens is 540 g/mol. The maximum absolute atomic E-state index is 15.0. The lowest BCUT2D eigenvalue weighted by atomic mass is 10.1. The predicted molar refractivity (Wildman–Crippen MR) is 114 cm³/mol. The topological polar surface area (TPSA) is 189 Å². The fourth-order valence-electron chi connectivity index (χ4n) is 4.12. The van der Waals surface area contributed by atoms with E-state index in [9.17, 15) is 36.7 Å². The molecule has 2 aromatic rings. The van der Waals surface area contributed by atoms with E-state index < -0.39 is 70.0 Å². The summed E-state index contributed by atoms with van der Waals surface area (Å²) in [5.74, 6) is -3.19. The summed E-state index contributed by atoms with van der Waals surface area (Å²) < 4.78 is 89.0. The van der Waals surface area contributed by atoms with Crippen molar-refractivity contribution >= 4 is 32.2 Å². The van der Waals surface area contributed by atoms with Gasteiger partial charge in [0, 0.05) is 6.04 Å². The highest BCUT2D eigenvalue weighted by molar-refractivity contribution is 7.70. The van der Waals surface area contributed by atoms with E-state index in [1.54, 1.807) is 0 Å². The Morgan fingerprint density at radius 1 is 1.19 bits per heavy atom. The summed E-state index contributed by atoms with van der Waals surface area (Å²) in [5, 5.41) is 13.1. The van der Waals surface area contributed by atoms with E-state index in [-0.39, 0.29) is 17.4 Å². The number of rotatable bonds is 8. The fraction of sp³-hybridized carbons (Fsp3) is 0.706. The Morgan fingerprint density at radius 3 is 2.47 bits per heavy atom. The Labute approximate surface area is 200 Å². The summed E-state index contributed by atoms with van der Waals surface area (Å²) in [4.78, 5) is 38.3. The average molecular weight is 563 g/mol. The first-order chi connectivity index (χ1) is 16.6. The van der Waals surface area contributed by atoms with Gasteiger partial charge in [-0.25, -0.2) is 19.3 Å². The van der Waals surface area contributed by atoms with Crippen LogP contribution >= 0.6 is 15.2 Å². The zero-order valence-corrected chi connectivity index (χ0v) is 20.1. The molecule has 0 aromatic carbocycles. The van der Waals surface area contributed by atoms with Gasteiger partial charge in [0.25, 0.3) is 0 Å². The molecule has 5 atom stereocenters. The van der Waals surface area contributed by atoms with Crippen LogP contribution in [-0.2, 0) is 24.6 Å². The monoisotopic (exact) mass is 563 g/mol. The minimum Gasteiger partial charge on any atom is -0.387 e. The molecule has 19 heteroatoms. The average Bonchev–Trinajstić information content (AvgIpc) is 3.45. The molecular formula is C17H23F4N5O8P2. The van der Waals surface area contributed by atoms with Gasteiger partial charge >= 0.3 is 21.4 Å². The van der Waals surface area contributed by atoms with Crippen LogP contribution in [0.4, 0.5) is 23.4 Å². The molecule has 0 amide bonds. The summed E-state index contributed by atoms with van der Waals surface area (Å²) in [7, 11) is -9.76. The molecule has 2 aliphatic rings. The third-order valence-corrected chi connectivity index (χ3v) is 9.20. The highest BCUT2D eigenvalue weighted by Gasteiger charge is 2.47. The van der Waals surface area contributed by atoms with Crippen molar-refractivity contribution in [3.05, 3.63) is 12.2 Å². The van der Waals surface area contributed by atoms with E-state index >= 15 is 0 Å². The van der Waals surface area contributed by atoms with E-state index in [4.69, 9.17) is 14.5 Å². The number of nitrogens with zero attached hydrogens (tertiary/aromatic N) is 4. The third-order valence-electron chi connectivity index (χ3n) is 5.74. The van der Waals surface area contributed by atoms with Crippen LogP contribution in [0.15, 0.2) is 6.33 Å². The van der Waals surface area contributed by atoms with Gasteiger partial charge in [-0.15, -0.1) is 0 Å². The molecule has 0 radical (unpaired) electrons. The van der Waals surface area contributed by atoms with Crippen LogP contribution < -0.4 is 5.32 Å². The second kappa shape index (κ2) is 9.87. The van der Waals surface area contributed by atoms with Crippen LogP contribution in [0.3, 0.4) is 0 Å². The number of anilines is 1. The number of nitrogens with one attached hydrogen (secondary N) is 1. The molecule has 202 valence electrons. The molecule has 2 aromatic heterocycles. The predicted octanol–water partition coefficient (Wildman–Crippen LogP) is 2.13.